The van der Waals surface area contributed by atoms with Crippen LogP contribution in [0.5, 0.6) is 0 Å². The molecule has 0 radical (unpaired) electrons. The van der Waals surface area contributed by atoms with E-state index in [0.29, 0.717) is 5.13 Å². The first-order valence-electron chi connectivity index (χ1n) is 9.39. The van der Waals surface area contributed by atoms with E-state index in [9.17, 15) is 13.2 Å². The summed E-state index contributed by atoms with van der Waals surface area (Å²) < 4.78 is 33.2. The Labute approximate surface area is 183 Å². The Bertz CT molecular complexity index is 1130. The van der Waals surface area contributed by atoms with Crippen LogP contribution in [0.3, 0.4) is 0 Å². The maximum absolute atomic E-state index is 13.1. The van der Waals surface area contributed by atoms with Crippen molar-refractivity contribution in [2.45, 2.75) is 31.0 Å². The Hall–Kier alpha value is -2.11. The van der Waals surface area contributed by atoms with Crippen molar-refractivity contribution in [2.24, 2.45) is 0 Å². The highest BCUT2D eigenvalue weighted by Crippen LogP contribution is 2.28. The zero-order valence-corrected chi connectivity index (χ0v) is 18.9. The van der Waals surface area contributed by atoms with E-state index in [1.807, 2.05) is 36.7 Å². The Morgan fingerprint density at radius 3 is 2.63 bits per heavy atom. The van der Waals surface area contributed by atoms with Gasteiger partial charge in [0.05, 0.1) is 27.7 Å². The van der Waals surface area contributed by atoms with Gasteiger partial charge in [0.25, 0.3) is 5.91 Å². The molecule has 2 atom stereocenters. The lowest BCUT2D eigenvalue weighted by molar-refractivity contribution is -0.0440. The topological polar surface area (TPSA) is 88.6 Å². The highest BCUT2D eigenvalue weighted by atomic mass is 32.2. The van der Waals surface area contributed by atoms with Crippen LogP contribution in [-0.4, -0.2) is 48.9 Å². The average Bonchev–Trinajstić information content (AvgIpc) is 3.39. The minimum atomic E-state index is -3.72. The summed E-state index contributed by atoms with van der Waals surface area (Å²) >= 11 is 2.90. The third-order valence-electron chi connectivity index (χ3n) is 4.62. The summed E-state index contributed by atoms with van der Waals surface area (Å²) in [4.78, 5) is 18.2. The number of benzene rings is 1. The van der Waals surface area contributed by atoms with Crippen molar-refractivity contribution in [3.8, 4) is 10.6 Å². The lowest BCUT2D eigenvalue weighted by atomic mass is 10.2. The van der Waals surface area contributed by atoms with Gasteiger partial charge in [-0.3, -0.25) is 10.1 Å². The lowest BCUT2D eigenvalue weighted by Crippen LogP contribution is -2.48. The molecule has 1 amide bonds. The van der Waals surface area contributed by atoms with E-state index in [-0.39, 0.29) is 35.8 Å². The van der Waals surface area contributed by atoms with Gasteiger partial charge in [0.2, 0.25) is 10.0 Å². The zero-order chi connectivity index (χ0) is 21.3. The molecule has 1 aliphatic heterocycles. The first-order valence-corrected chi connectivity index (χ1v) is 12.6. The van der Waals surface area contributed by atoms with E-state index in [1.54, 1.807) is 23.5 Å². The zero-order valence-electron chi connectivity index (χ0n) is 16.4. The normalized spacial score (nSPS) is 20.2. The second-order valence-electron chi connectivity index (χ2n) is 7.08. The van der Waals surface area contributed by atoms with Crippen molar-refractivity contribution in [1.82, 2.24) is 9.29 Å². The monoisotopic (exact) mass is 463 g/mol. The minimum Gasteiger partial charge on any atom is -0.373 e. The quantitative estimate of drug-likeness (QED) is 0.620. The van der Waals surface area contributed by atoms with Crippen LogP contribution in [0.2, 0.25) is 0 Å². The van der Waals surface area contributed by atoms with Gasteiger partial charge < -0.3 is 4.74 Å². The van der Waals surface area contributed by atoms with Crippen LogP contribution in [-0.2, 0) is 14.8 Å². The van der Waals surface area contributed by atoms with Gasteiger partial charge in [-0.15, -0.1) is 22.7 Å². The molecule has 0 unspecified atom stereocenters. The molecule has 1 aliphatic rings. The summed E-state index contributed by atoms with van der Waals surface area (Å²) in [6, 6.07) is 9.99. The number of thiazole rings is 1. The van der Waals surface area contributed by atoms with Crippen molar-refractivity contribution in [3.05, 3.63) is 52.7 Å². The average molecular weight is 464 g/mol. The van der Waals surface area contributed by atoms with Gasteiger partial charge in [-0.05, 0) is 43.5 Å². The van der Waals surface area contributed by atoms with Gasteiger partial charge in [0.1, 0.15) is 0 Å². The van der Waals surface area contributed by atoms with Crippen LogP contribution in [0.1, 0.15) is 24.2 Å². The summed E-state index contributed by atoms with van der Waals surface area (Å²) in [5, 5.41) is 7.07. The van der Waals surface area contributed by atoms with Crippen molar-refractivity contribution in [3.63, 3.8) is 0 Å². The van der Waals surface area contributed by atoms with Gasteiger partial charge in [-0.25, -0.2) is 13.4 Å². The fourth-order valence-corrected chi connectivity index (χ4v) is 6.42. The molecule has 0 spiro atoms. The molecular formula is C20H21N3O4S3. The summed E-state index contributed by atoms with van der Waals surface area (Å²) in [5.74, 6) is -0.400. The summed E-state index contributed by atoms with van der Waals surface area (Å²) in [5.41, 5.74) is 1.07. The first kappa shape index (κ1) is 21.1. The van der Waals surface area contributed by atoms with Crippen LogP contribution in [0.15, 0.2) is 52.1 Å². The summed E-state index contributed by atoms with van der Waals surface area (Å²) in [6.45, 7) is 4.27. The number of aromatic nitrogens is 1. The molecule has 158 valence electrons. The Morgan fingerprint density at radius 2 is 1.93 bits per heavy atom. The number of ether oxygens (including phenoxy) is 1. The standard InChI is InChI=1S/C20H21N3O4S3/c1-13-10-23(11-14(2)27-13)30(25,26)16-6-3-5-15(9-16)19(24)22-20-21-17(12-29-20)18-7-4-8-28-18/h3-9,12-14H,10-11H2,1-2H3,(H,21,22,24)/t13-,14-/m1/s1. The smallest absolute Gasteiger partial charge is 0.257 e. The molecular weight excluding hydrogens is 442 g/mol. The predicted octanol–water partition coefficient (Wildman–Crippen LogP) is 3.92. The predicted molar refractivity (Wildman–Crippen MR) is 119 cm³/mol. The molecule has 10 heteroatoms. The van der Waals surface area contributed by atoms with Crippen molar-refractivity contribution >= 4 is 43.7 Å². The molecule has 3 aromatic rings. The highest BCUT2D eigenvalue weighted by Gasteiger charge is 2.32. The molecule has 1 aromatic carbocycles. The largest absolute Gasteiger partial charge is 0.373 e. The molecule has 7 nitrogen and oxygen atoms in total. The number of nitrogens with zero attached hydrogens (tertiary/aromatic N) is 2. The second-order valence-corrected chi connectivity index (χ2v) is 10.8. The lowest BCUT2D eigenvalue weighted by Gasteiger charge is -2.34. The molecule has 0 bridgehead atoms. The number of amides is 1. The first-order chi connectivity index (χ1) is 14.3. The van der Waals surface area contributed by atoms with E-state index in [1.165, 1.54) is 27.8 Å². The SMILES string of the molecule is C[C@@H]1CN(S(=O)(=O)c2cccc(C(=O)Nc3nc(-c4cccs4)cs3)c2)C[C@@H](C)O1. The number of hydrogen-bond acceptors (Lipinski definition) is 7. The number of sulfonamides is 1. The summed E-state index contributed by atoms with van der Waals surface area (Å²) in [7, 11) is -3.72. The van der Waals surface area contributed by atoms with Crippen LogP contribution in [0.25, 0.3) is 10.6 Å². The van der Waals surface area contributed by atoms with E-state index < -0.39 is 15.9 Å². The van der Waals surface area contributed by atoms with Crippen molar-refractivity contribution in [1.29, 1.82) is 0 Å². The van der Waals surface area contributed by atoms with Gasteiger partial charge in [0.15, 0.2) is 5.13 Å². The molecule has 0 saturated carbocycles. The number of morpholine rings is 1. The maximum atomic E-state index is 13.1. The molecule has 1 fully saturated rings. The van der Waals surface area contributed by atoms with Gasteiger partial charge in [-0.1, -0.05) is 12.1 Å². The van der Waals surface area contributed by atoms with Gasteiger partial charge in [0, 0.05) is 24.0 Å². The van der Waals surface area contributed by atoms with Crippen molar-refractivity contribution in [2.75, 3.05) is 18.4 Å². The second kappa shape index (κ2) is 8.56. The van der Waals surface area contributed by atoms with Gasteiger partial charge >= 0.3 is 0 Å². The van der Waals surface area contributed by atoms with E-state index in [2.05, 4.69) is 10.3 Å². The number of carbonyl (C=O) groups excluding carboxylic acids is 1. The molecule has 0 aliphatic carbocycles. The van der Waals surface area contributed by atoms with Crippen molar-refractivity contribution < 1.29 is 17.9 Å². The molecule has 4 rings (SSSR count). The molecule has 1 N–H and O–H groups in total. The van der Waals surface area contributed by atoms with E-state index >= 15 is 0 Å². The maximum Gasteiger partial charge on any atom is 0.257 e. The Morgan fingerprint density at radius 1 is 1.17 bits per heavy atom. The van der Waals surface area contributed by atoms with Gasteiger partial charge in [-0.2, -0.15) is 4.31 Å². The Balaban J connectivity index is 1.52. The number of rotatable bonds is 5. The molecule has 30 heavy (non-hydrogen) atoms. The molecule has 2 aromatic heterocycles. The summed E-state index contributed by atoms with van der Waals surface area (Å²) in [6.07, 6.45) is -0.366. The third kappa shape index (κ3) is 4.47. The van der Waals surface area contributed by atoms with E-state index in [0.717, 1.165) is 10.6 Å². The minimum absolute atomic E-state index is 0.0925. The van der Waals surface area contributed by atoms with Crippen LogP contribution in [0.4, 0.5) is 5.13 Å². The Kier molecular flexibility index (Phi) is 6.03. The number of hydrogen-bond donors (Lipinski definition) is 1. The molecule has 3 heterocycles. The number of anilines is 1. The van der Waals surface area contributed by atoms with Crippen LogP contribution >= 0.6 is 22.7 Å². The molecule has 1 saturated heterocycles. The fraction of sp³-hybridized carbons (Fsp3) is 0.300. The van der Waals surface area contributed by atoms with Crippen LogP contribution in [0, 0.1) is 0 Å². The number of thiophene rings is 1. The number of nitrogens with one attached hydrogen (secondary N) is 1. The van der Waals surface area contributed by atoms with E-state index in [4.69, 9.17) is 4.74 Å². The third-order valence-corrected chi connectivity index (χ3v) is 8.10. The fourth-order valence-electron chi connectivity index (χ4n) is 3.31. The number of carbonyl (C=O) groups is 1. The van der Waals surface area contributed by atoms with Crippen LogP contribution < -0.4 is 5.32 Å². The highest BCUT2D eigenvalue weighted by molar-refractivity contribution is 7.89.